The lowest BCUT2D eigenvalue weighted by Crippen LogP contribution is -2.41. The van der Waals surface area contributed by atoms with Crippen LogP contribution in [0.15, 0.2) is 34.1 Å². The zero-order valence-corrected chi connectivity index (χ0v) is 20.4. The fourth-order valence-corrected chi connectivity index (χ4v) is 4.54. The molecule has 38 heavy (non-hydrogen) atoms. The van der Waals surface area contributed by atoms with E-state index in [-0.39, 0.29) is 40.6 Å². The highest BCUT2D eigenvalue weighted by Crippen LogP contribution is 2.29. The van der Waals surface area contributed by atoms with Gasteiger partial charge in [0, 0.05) is 26.2 Å². The number of aromatic nitrogens is 6. The van der Waals surface area contributed by atoms with Crippen molar-refractivity contribution in [1.82, 2.24) is 28.9 Å². The Labute approximate surface area is 212 Å². The minimum Gasteiger partial charge on any atom is -0.480 e. The summed E-state index contributed by atoms with van der Waals surface area (Å²) in [5.74, 6) is -4.21. The Hall–Kier alpha value is -4.67. The first-order valence-electron chi connectivity index (χ1n) is 11.5. The summed E-state index contributed by atoms with van der Waals surface area (Å²) in [6, 6.07) is 5.28. The molecule has 1 aliphatic heterocycles. The van der Waals surface area contributed by atoms with E-state index in [9.17, 15) is 28.0 Å². The first-order chi connectivity index (χ1) is 18.2. The van der Waals surface area contributed by atoms with Gasteiger partial charge >= 0.3 is 5.69 Å². The van der Waals surface area contributed by atoms with Gasteiger partial charge in [0.2, 0.25) is 5.88 Å². The van der Waals surface area contributed by atoms with E-state index in [1.54, 1.807) is 7.05 Å². The lowest BCUT2D eigenvalue weighted by molar-refractivity contribution is 0.402. The van der Waals surface area contributed by atoms with Crippen molar-refractivity contribution in [3.8, 4) is 11.9 Å². The maximum absolute atomic E-state index is 14.0. The quantitative estimate of drug-likeness (QED) is 0.347. The fraction of sp³-hybridized carbons (Fsp3) is 0.333. The molecule has 1 aliphatic rings. The summed E-state index contributed by atoms with van der Waals surface area (Å²) in [5, 5.41) is 13.4. The van der Waals surface area contributed by atoms with Gasteiger partial charge in [0.05, 0.1) is 37.7 Å². The van der Waals surface area contributed by atoms with Gasteiger partial charge in [0.25, 0.3) is 5.56 Å². The number of rotatable bonds is 6. The highest BCUT2D eigenvalue weighted by atomic mass is 19.2. The van der Waals surface area contributed by atoms with Gasteiger partial charge in [0.1, 0.15) is 17.5 Å². The van der Waals surface area contributed by atoms with Gasteiger partial charge in [-0.25, -0.2) is 22.9 Å². The highest BCUT2D eigenvalue weighted by Gasteiger charge is 2.27. The monoisotopic (exact) mass is 526 g/mol. The average molecular weight is 526 g/mol. The molecule has 1 fully saturated rings. The van der Waals surface area contributed by atoms with Gasteiger partial charge in [-0.3, -0.25) is 18.6 Å². The van der Waals surface area contributed by atoms with Crippen LogP contribution in [-0.4, -0.2) is 49.1 Å². The molecule has 1 saturated heterocycles. The van der Waals surface area contributed by atoms with Crippen molar-refractivity contribution in [1.29, 1.82) is 5.26 Å². The summed E-state index contributed by atoms with van der Waals surface area (Å²) in [4.78, 5) is 37.6. The van der Waals surface area contributed by atoms with Crippen LogP contribution in [0, 0.1) is 34.7 Å². The van der Waals surface area contributed by atoms with Gasteiger partial charge in [-0.05, 0) is 24.1 Å². The van der Waals surface area contributed by atoms with E-state index < -0.39 is 35.2 Å². The van der Waals surface area contributed by atoms with Crippen LogP contribution in [0.3, 0.4) is 0 Å². The number of nitriles is 1. The molecule has 1 atom stereocenters. The predicted molar refractivity (Wildman–Crippen MR) is 128 cm³/mol. The third-order valence-electron chi connectivity index (χ3n) is 6.38. The molecular formula is C24H21F3N8O3. The summed E-state index contributed by atoms with van der Waals surface area (Å²) in [5.41, 5.74) is -1.49. The molecule has 0 N–H and O–H groups in total. The van der Waals surface area contributed by atoms with E-state index in [1.807, 2.05) is 4.90 Å². The molecule has 4 aromatic rings. The molecule has 3 aromatic heterocycles. The molecule has 0 spiro atoms. The van der Waals surface area contributed by atoms with Crippen molar-refractivity contribution >= 4 is 16.7 Å². The highest BCUT2D eigenvalue weighted by molar-refractivity contribution is 5.85. The van der Waals surface area contributed by atoms with E-state index in [0.717, 1.165) is 21.3 Å². The maximum Gasteiger partial charge on any atom is 0.332 e. The van der Waals surface area contributed by atoms with Crippen molar-refractivity contribution in [3.63, 3.8) is 0 Å². The first-order valence-corrected chi connectivity index (χ1v) is 11.5. The Morgan fingerprint density at radius 3 is 2.47 bits per heavy atom. The number of aryl methyl sites for hydroxylation is 1. The maximum atomic E-state index is 14.0. The molecule has 1 aromatic carbocycles. The zero-order chi connectivity index (χ0) is 27.1. The van der Waals surface area contributed by atoms with Crippen LogP contribution in [0.4, 0.5) is 19.0 Å². The summed E-state index contributed by atoms with van der Waals surface area (Å²) in [6.07, 6.45) is 2.02. The number of benzene rings is 1. The molecule has 0 bridgehead atoms. The molecular weight excluding hydrogens is 505 g/mol. The number of hydrogen-bond acceptors (Lipinski definition) is 8. The van der Waals surface area contributed by atoms with Gasteiger partial charge in [0.15, 0.2) is 23.3 Å². The Bertz CT molecular complexity index is 1700. The third-order valence-corrected chi connectivity index (χ3v) is 6.38. The molecule has 0 saturated carbocycles. The normalized spacial score (nSPS) is 15.3. The summed E-state index contributed by atoms with van der Waals surface area (Å²) < 4.78 is 50.5. The molecule has 0 amide bonds. The SMILES string of the molecule is COc1nc(N2CCC(C#N)C2)cc2c1c(=O)n(Cc1ncn(C)n1)c(=O)n2Cc1cc(F)c(F)c(F)c1. The van der Waals surface area contributed by atoms with Gasteiger partial charge in [-0.15, -0.1) is 0 Å². The Morgan fingerprint density at radius 1 is 1.13 bits per heavy atom. The first kappa shape index (κ1) is 25.0. The van der Waals surface area contributed by atoms with Crippen LogP contribution in [0.2, 0.25) is 0 Å². The van der Waals surface area contributed by atoms with Crippen LogP contribution >= 0.6 is 0 Å². The molecule has 4 heterocycles. The molecule has 14 heteroatoms. The Kier molecular flexibility index (Phi) is 6.35. The minimum absolute atomic E-state index is 0.0472. The summed E-state index contributed by atoms with van der Waals surface area (Å²) in [7, 11) is 2.94. The van der Waals surface area contributed by atoms with Crippen molar-refractivity contribution in [3.05, 3.63) is 74.2 Å². The lowest BCUT2D eigenvalue weighted by atomic mass is 10.1. The van der Waals surface area contributed by atoms with Gasteiger partial charge in [-0.2, -0.15) is 15.3 Å². The number of fused-ring (bicyclic) bond motifs is 1. The van der Waals surface area contributed by atoms with Crippen LogP contribution in [0.25, 0.3) is 10.9 Å². The lowest BCUT2D eigenvalue weighted by Gasteiger charge is -2.20. The Balaban J connectivity index is 1.76. The van der Waals surface area contributed by atoms with E-state index in [0.29, 0.717) is 25.3 Å². The Morgan fingerprint density at radius 2 is 1.87 bits per heavy atom. The van der Waals surface area contributed by atoms with Crippen LogP contribution in [0.5, 0.6) is 5.88 Å². The third kappa shape index (κ3) is 4.36. The van der Waals surface area contributed by atoms with Crippen LogP contribution in [0.1, 0.15) is 17.8 Å². The number of anilines is 1. The summed E-state index contributed by atoms with van der Waals surface area (Å²) in [6.45, 7) is 0.217. The summed E-state index contributed by atoms with van der Waals surface area (Å²) >= 11 is 0. The van der Waals surface area contributed by atoms with Gasteiger partial charge in [-0.1, -0.05) is 0 Å². The largest absolute Gasteiger partial charge is 0.480 e. The molecule has 0 radical (unpaired) electrons. The molecule has 11 nitrogen and oxygen atoms in total. The molecule has 5 rings (SSSR count). The number of pyridine rings is 1. The van der Waals surface area contributed by atoms with E-state index >= 15 is 0 Å². The number of nitrogens with zero attached hydrogens (tertiary/aromatic N) is 8. The van der Waals surface area contributed by atoms with Crippen molar-refractivity contribution in [2.75, 3.05) is 25.1 Å². The number of methoxy groups -OCH3 is 1. The zero-order valence-electron chi connectivity index (χ0n) is 20.4. The fourth-order valence-electron chi connectivity index (χ4n) is 4.54. The second-order valence-corrected chi connectivity index (χ2v) is 8.91. The van der Waals surface area contributed by atoms with Gasteiger partial charge < -0.3 is 9.64 Å². The van der Waals surface area contributed by atoms with E-state index in [4.69, 9.17) is 4.74 Å². The number of ether oxygens (including phenoxy) is 1. The van der Waals surface area contributed by atoms with Crippen molar-refractivity contribution in [2.45, 2.75) is 19.5 Å². The van der Waals surface area contributed by atoms with Crippen LogP contribution < -0.4 is 20.9 Å². The second-order valence-electron chi connectivity index (χ2n) is 8.91. The van der Waals surface area contributed by atoms with E-state index in [1.165, 1.54) is 24.2 Å². The molecule has 196 valence electrons. The van der Waals surface area contributed by atoms with Crippen LogP contribution in [-0.2, 0) is 20.1 Å². The molecule has 0 aliphatic carbocycles. The average Bonchev–Trinajstić information content (AvgIpc) is 3.55. The van der Waals surface area contributed by atoms with Crippen molar-refractivity contribution in [2.24, 2.45) is 13.0 Å². The topological polar surface area (TPSA) is 124 Å². The second kappa shape index (κ2) is 9.66. The number of halogens is 3. The van der Waals surface area contributed by atoms with Crippen molar-refractivity contribution < 1.29 is 17.9 Å². The predicted octanol–water partition coefficient (Wildman–Crippen LogP) is 1.56. The molecule has 1 unspecified atom stereocenters. The smallest absolute Gasteiger partial charge is 0.332 e. The standard InChI is InChI=1S/C24H21F3N8O3/c1-32-12-29-18(31-32)11-35-23(36)20-17(7-19(30-22(20)38-2)33-4-3-13(8-28)9-33)34(24(35)37)10-14-5-15(25)21(27)16(26)6-14/h5-7,12-13H,3-4,9-11H2,1-2H3. The minimum atomic E-state index is -1.63. The number of hydrogen-bond donors (Lipinski definition) is 0. The van der Waals surface area contributed by atoms with E-state index in [2.05, 4.69) is 21.1 Å².